The predicted molar refractivity (Wildman–Crippen MR) is 128 cm³/mol. The van der Waals surface area contributed by atoms with Crippen molar-refractivity contribution in [2.45, 2.75) is 39.8 Å². The van der Waals surface area contributed by atoms with E-state index in [1.54, 1.807) is 24.3 Å². The molecule has 1 aliphatic heterocycles. The third kappa shape index (κ3) is 6.84. The van der Waals surface area contributed by atoms with Gasteiger partial charge in [-0.2, -0.15) is 0 Å². The summed E-state index contributed by atoms with van der Waals surface area (Å²) in [6.07, 6.45) is 1.61. The standard InChI is InChI=1S/C23H19FN2O7.C3H8/c1-13(23(28)29)32-15-5-4-14(18(24)9-15)11-26-21(27)17-3-2-8-25-22(17)33-16-6-7-19-20(10-16)31-12-30-19;1-3-2/h2-10,13H,11-12H2,1H3,(H,26,27)(H,28,29);3H2,1-2H3. The van der Waals surface area contributed by atoms with Gasteiger partial charge in [-0.1, -0.05) is 26.3 Å². The van der Waals surface area contributed by atoms with Gasteiger partial charge in [0.05, 0.1) is 0 Å². The monoisotopic (exact) mass is 498 g/mol. The molecule has 10 heteroatoms. The van der Waals surface area contributed by atoms with E-state index in [2.05, 4.69) is 24.1 Å². The second-order valence-electron chi connectivity index (χ2n) is 7.71. The molecule has 36 heavy (non-hydrogen) atoms. The molecule has 1 aromatic heterocycles. The van der Waals surface area contributed by atoms with Crippen molar-refractivity contribution < 1.29 is 38.0 Å². The molecule has 1 aliphatic rings. The zero-order valence-electron chi connectivity index (χ0n) is 20.1. The highest BCUT2D eigenvalue weighted by Gasteiger charge is 2.18. The summed E-state index contributed by atoms with van der Waals surface area (Å²) in [5.74, 6) is -0.658. The average Bonchev–Trinajstić information content (AvgIpc) is 3.32. The lowest BCUT2D eigenvalue weighted by molar-refractivity contribution is -0.144. The summed E-state index contributed by atoms with van der Waals surface area (Å²) >= 11 is 0. The van der Waals surface area contributed by atoms with E-state index in [1.807, 2.05) is 0 Å². The maximum Gasteiger partial charge on any atom is 0.344 e. The minimum absolute atomic E-state index is 0.0701. The highest BCUT2D eigenvalue weighted by atomic mass is 19.1. The number of halogens is 1. The van der Waals surface area contributed by atoms with Crippen LogP contribution in [0.2, 0.25) is 0 Å². The van der Waals surface area contributed by atoms with Gasteiger partial charge in [0.25, 0.3) is 5.91 Å². The Morgan fingerprint density at radius 3 is 2.56 bits per heavy atom. The molecular weight excluding hydrogens is 471 g/mol. The Labute approximate surface area is 207 Å². The topological polar surface area (TPSA) is 116 Å². The van der Waals surface area contributed by atoms with Gasteiger partial charge in [0.1, 0.15) is 22.9 Å². The molecule has 0 spiro atoms. The average molecular weight is 499 g/mol. The van der Waals surface area contributed by atoms with Crippen LogP contribution >= 0.6 is 0 Å². The minimum atomic E-state index is -1.16. The number of carboxylic acid groups (broad SMARTS) is 1. The lowest BCUT2D eigenvalue weighted by Crippen LogP contribution is -2.24. The number of pyridine rings is 1. The first-order valence-corrected chi connectivity index (χ1v) is 11.3. The van der Waals surface area contributed by atoms with Crippen molar-refractivity contribution in [3.63, 3.8) is 0 Å². The van der Waals surface area contributed by atoms with E-state index in [-0.39, 0.29) is 36.1 Å². The number of aliphatic carboxylic acids is 1. The van der Waals surface area contributed by atoms with E-state index >= 15 is 0 Å². The molecule has 4 rings (SSSR count). The number of nitrogens with one attached hydrogen (secondary N) is 1. The van der Waals surface area contributed by atoms with Crippen LogP contribution in [0.4, 0.5) is 4.39 Å². The highest BCUT2D eigenvalue weighted by Crippen LogP contribution is 2.36. The van der Waals surface area contributed by atoms with Crippen molar-refractivity contribution in [2.24, 2.45) is 0 Å². The molecule has 1 atom stereocenters. The number of amides is 1. The Kier molecular flexibility index (Phi) is 9.04. The van der Waals surface area contributed by atoms with Gasteiger partial charge in [-0.3, -0.25) is 4.79 Å². The molecule has 0 aliphatic carbocycles. The van der Waals surface area contributed by atoms with Crippen LogP contribution < -0.4 is 24.3 Å². The predicted octanol–water partition coefficient (Wildman–Crippen LogP) is 4.94. The van der Waals surface area contributed by atoms with Crippen LogP contribution in [0, 0.1) is 5.82 Å². The number of carboxylic acids is 1. The summed E-state index contributed by atoms with van der Waals surface area (Å²) < 4.78 is 35.9. The summed E-state index contributed by atoms with van der Waals surface area (Å²) in [7, 11) is 0. The number of benzene rings is 2. The fourth-order valence-corrected chi connectivity index (χ4v) is 2.97. The zero-order valence-corrected chi connectivity index (χ0v) is 20.1. The number of ether oxygens (including phenoxy) is 4. The molecule has 0 fully saturated rings. The van der Waals surface area contributed by atoms with E-state index in [1.165, 1.54) is 37.7 Å². The number of fused-ring (bicyclic) bond motifs is 1. The molecule has 0 bridgehead atoms. The van der Waals surface area contributed by atoms with Gasteiger partial charge in [-0.05, 0) is 37.3 Å². The first-order valence-electron chi connectivity index (χ1n) is 11.3. The number of aromatic nitrogens is 1. The van der Waals surface area contributed by atoms with Gasteiger partial charge in [0.15, 0.2) is 17.6 Å². The molecule has 2 N–H and O–H groups in total. The number of hydrogen-bond acceptors (Lipinski definition) is 7. The Balaban J connectivity index is 0.00000115. The van der Waals surface area contributed by atoms with E-state index in [0.717, 1.165) is 6.07 Å². The van der Waals surface area contributed by atoms with Crippen molar-refractivity contribution in [1.82, 2.24) is 10.3 Å². The van der Waals surface area contributed by atoms with Crippen molar-refractivity contribution in [3.05, 3.63) is 71.7 Å². The van der Waals surface area contributed by atoms with Crippen LogP contribution in [0.5, 0.6) is 28.9 Å². The van der Waals surface area contributed by atoms with Gasteiger partial charge < -0.3 is 29.4 Å². The van der Waals surface area contributed by atoms with E-state index in [4.69, 9.17) is 24.1 Å². The van der Waals surface area contributed by atoms with Crippen LogP contribution in [-0.2, 0) is 11.3 Å². The van der Waals surface area contributed by atoms with Gasteiger partial charge >= 0.3 is 5.97 Å². The second kappa shape index (κ2) is 12.4. The maximum atomic E-state index is 14.4. The molecule has 0 radical (unpaired) electrons. The lowest BCUT2D eigenvalue weighted by atomic mass is 10.2. The second-order valence-corrected chi connectivity index (χ2v) is 7.71. The number of carbonyl (C=O) groups is 2. The molecule has 2 aromatic carbocycles. The van der Waals surface area contributed by atoms with E-state index < -0.39 is 23.8 Å². The molecule has 3 aromatic rings. The third-order valence-electron chi connectivity index (χ3n) is 4.70. The van der Waals surface area contributed by atoms with Crippen LogP contribution in [0.1, 0.15) is 43.1 Å². The number of carbonyl (C=O) groups excluding carboxylic acids is 1. The smallest absolute Gasteiger partial charge is 0.344 e. The van der Waals surface area contributed by atoms with Crippen molar-refractivity contribution in [3.8, 4) is 28.9 Å². The Morgan fingerprint density at radius 2 is 1.83 bits per heavy atom. The third-order valence-corrected chi connectivity index (χ3v) is 4.70. The van der Waals surface area contributed by atoms with Crippen molar-refractivity contribution in [1.29, 1.82) is 0 Å². The number of nitrogens with zero attached hydrogens (tertiary/aromatic N) is 1. The lowest BCUT2D eigenvalue weighted by Gasteiger charge is -2.13. The molecule has 0 saturated carbocycles. The summed E-state index contributed by atoms with van der Waals surface area (Å²) in [6, 6.07) is 12.0. The summed E-state index contributed by atoms with van der Waals surface area (Å²) in [6.45, 7) is 5.60. The number of rotatable bonds is 8. The summed E-state index contributed by atoms with van der Waals surface area (Å²) in [5.41, 5.74) is 0.353. The molecule has 190 valence electrons. The largest absolute Gasteiger partial charge is 0.479 e. The quantitative estimate of drug-likeness (QED) is 0.449. The Morgan fingerprint density at radius 1 is 1.11 bits per heavy atom. The summed E-state index contributed by atoms with van der Waals surface area (Å²) in [4.78, 5) is 27.7. The van der Waals surface area contributed by atoms with Gasteiger partial charge in [0.2, 0.25) is 12.7 Å². The molecule has 9 nitrogen and oxygen atoms in total. The first kappa shape index (κ1) is 26.3. The number of hydrogen-bond donors (Lipinski definition) is 2. The molecule has 1 amide bonds. The van der Waals surface area contributed by atoms with Gasteiger partial charge in [-0.25, -0.2) is 14.2 Å². The van der Waals surface area contributed by atoms with Gasteiger partial charge in [-0.15, -0.1) is 0 Å². The van der Waals surface area contributed by atoms with Crippen LogP contribution in [0.3, 0.4) is 0 Å². The molecular formula is C26H27FN2O7. The fourth-order valence-electron chi connectivity index (χ4n) is 2.97. The van der Waals surface area contributed by atoms with Crippen LogP contribution in [0.25, 0.3) is 0 Å². The van der Waals surface area contributed by atoms with E-state index in [9.17, 15) is 14.0 Å². The molecule has 0 saturated heterocycles. The highest BCUT2D eigenvalue weighted by molar-refractivity contribution is 5.96. The Bertz CT molecular complexity index is 1220. The zero-order chi connectivity index (χ0) is 26.1. The van der Waals surface area contributed by atoms with Crippen LogP contribution in [-0.4, -0.2) is 34.9 Å². The van der Waals surface area contributed by atoms with Gasteiger partial charge in [0, 0.05) is 30.4 Å². The Hall–Kier alpha value is -4.34. The minimum Gasteiger partial charge on any atom is -0.479 e. The molecule has 1 unspecified atom stereocenters. The van der Waals surface area contributed by atoms with Crippen molar-refractivity contribution >= 4 is 11.9 Å². The van der Waals surface area contributed by atoms with Crippen LogP contribution in [0.15, 0.2) is 54.7 Å². The fraction of sp³-hybridized carbons (Fsp3) is 0.269. The van der Waals surface area contributed by atoms with Crippen molar-refractivity contribution in [2.75, 3.05) is 6.79 Å². The normalized spacial score (nSPS) is 12.1. The first-order chi connectivity index (χ1) is 17.3. The maximum absolute atomic E-state index is 14.4. The summed E-state index contributed by atoms with van der Waals surface area (Å²) in [5, 5.41) is 11.5. The SMILES string of the molecule is CC(Oc1ccc(CNC(=O)c2cccnc2Oc2ccc3c(c2)OCO3)c(F)c1)C(=O)O.CCC. The molecule has 2 heterocycles. The van der Waals surface area contributed by atoms with E-state index in [0.29, 0.717) is 17.2 Å².